The molecule has 0 spiro atoms. The van der Waals surface area contributed by atoms with Crippen molar-refractivity contribution in [3.63, 3.8) is 0 Å². The molecular weight excluding hydrogens is 392 g/mol. The van der Waals surface area contributed by atoms with E-state index in [9.17, 15) is 9.59 Å². The van der Waals surface area contributed by atoms with Gasteiger partial charge in [0.1, 0.15) is 5.75 Å². The predicted molar refractivity (Wildman–Crippen MR) is 128 cm³/mol. The molecule has 0 aromatic heterocycles. The number of hydrogen-bond donors (Lipinski definition) is 0. The van der Waals surface area contributed by atoms with Crippen LogP contribution in [-0.4, -0.2) is 68.1 Å². The second kappa shape index (κ2) is 14.8. The third-order valence-electron chi connectivity index (χ3n) is 4.85. The van der Waals surface area contributed by atoms with E-state index >= 15 is 0 Å². The van der Waals surface area contributed by atoms with Gasteiger partial charge >= 0.3 is 5.97 Å². The van der Waals surface area contributed by atoms with Crippen molar-refractivity contribution < 1.29 is 19.1 Å². The highest BCUT2D eigenvalue weighted by Gasteiger charge is 2.22. The van der Waals surface area contributed by atoms with Gasteiger partial charge in [0.2, 0.25) is 0 Å². The largest absolute Gasteiger partial charge is 0.483 e. The fraction of sp³-hybridized carbons (Fsp3) is 0.680. The molecule has 1 saturated heterocycles. The molecule has 31 heavy (non-hydrogen) atoms. The first kappa shape index (κ1) is 28.9. The molecule has 0 bridgehead atoms. The number of methoxy groups -OCH3 is 1. The van der Waals surface area contributed by atoms with Crippen molar-refractivity contribution >= 4 is 11.9 Å². The average Bonchev–Trinajstić information content (AvgIpc) is 2.78. The van der Waals surface area contributed by atoms with Gasteiger partial charge in [-0.25, -0.2) is 4.79 Å². The van der Waals surface area contributed by atoms with Crippen LogP contribution in [0.2, 0.25) is 0 Å². The van der Waals surface area contributed by atoms with Crippen LogP contribution in [0.5, 0.6) is 5.75 Å². The lowest BCUT2D eigenvalue weighted by atomic mass is 9.92. The number of nitrogens with zero attached hydrogens (tertiary/aromatic N) is 2. The van der Waals surface area contributed by atoms with E-state index in [-0.39, 0.29) is 18.5 Å². The van der Waals surface area contributed by atoms with E-state index in [0.29, 0.717) is 16.7 Å². The number of carbonyl (C=O) groups excluding carboxylic acids is 2. The minimum atomic E-state index is -0.384. The number of esters is 1. The van der Waals surface area contributed by atoms with Crippen LogP contribution in [0.3, 0.4) is 0 Å². The standard InChI is InChI=1S/C21H32N2O4.2C2H6/c1-16-14-17(20(25)26-5)6-7-18(16)27-15-19(24)23-12-10-22(11-13-23)9-8-21(2,3)4;2*1-2/h6-7,14H,8-13,15H2,1-5H3;2*1-2H3. The van der Waals surface area contributed by atoms with E-state index in [1.54, 1.807) is 18.2 Å². The van der Waals surface area contributed by atoms with Gasteiger partial charge in [0.15, 0.2) is 6.61 Å². The number of benzene rings is 1. The summed E-state index contributed by atoms with van der Waals surface area (Å²) in [6.45, 7) is 21.0. The van der Waals surface area contributed by atoms with Crippen molar-refractivity contribution in [2.24, 2.45) is 5.41 Å². The number of carbonyl (C=O) groups is 2. The molecule has 178 valence electrons. The van der Waals surface area contributed by atoms with Crippen LogP contribution in [0.15, 0.2) is 18.2 Å². The highest BCUT2D eigenvalue weighted by Crippen LogP contribution is 2.21. The Morgan fingerprint density at radius 1 is 1.00 bits per heavy atom. The number of rotatable bonds is 6. The first-order chi connectivity index (χ1) is 14.7. The fourth-order valence-corrected chi connectivity index (χ4v) is 3.00. The Morgan fingerprint density at radius 3 is 2.06 bits per heavy atom. The van der Waals surface area contributed by atoms with Crippen LogP contribution in [-0.2, 0) is 9.53 Å². The Morgan fingerprint density at radius 2 is 1.58 bits per heavy atom. The molecule has 1 aliphatic heterocycles. The molecule has 0 unspecified atom stereocenters. The van der Waals surface area contributed by atoms with Gasteiger partial charge in [0.05, 0.1) is 12.7 Å². The minimum Gasteiger partial charge on any atom is -0.483 e. The molecule has 1 heterocycles. The lowest BCUT2D eigenvalue weighted by Crippen LogP contribution is -2.50. The second-order valence-corrected chi connectivity index (χ2v) is 8.29. The van der Waals surface area contributed by atoms with Gasteiger partial charge < -0.3 is 14.4 Å². The zero-order valence-corrected chi connectivity index (χ0v) is 21.2. The Kier molecular flexibility index (Phi) is 13.8. The van der Waals surface area contributed by atoms with Gasteiger partial charge in [0.25, 0.3) is 5.91 Å². The van der Waals surface area contributed by atoms with Crippen molar-refractivity contribution in [3.8, 4) is 5.75 Å². The molecule has 0 atom stereocenters. The molecule has 0 N–H and O–H groups in total. The van der Waals surface area contributed by atoms with Crippen LogP contribution < -0.4 is 4.74 Å². The highest BCUT2D eigenvalue weighted by molar-refractivity contribution is 5.89. The number of ether oxygens (including phenoxy) is 2. The monoisotopic (exact) mass is 436 g/mol. The summed E-state index contributed by atoms with van der Waals surface area (Å²) in [7, 11) is 1.35. The van der Waals surface area contributed by atoms with E-state index < -0.39 is 0 Å². The molecule has 0 radical (unpaired) electrons. The molecular formula is C25H44N2O4. The summed E-state index contributed by atoms with van der Waals surface area (Å²) in [6.07, 6.45) is 1.16. The van der Waals surface area contributed by atoms with Crippen molar-refractivity contribution in [3.05, 3.63) is 29.3 Å². The molecule has 0 aliphatic carbocycles. The van der Waals surface area contributed by atoms with Gasteiger partial charge in [-0.15, -0.1) is 0 Å². The predicted octanol–water partition coefficient (Wildman–Crippen LogP) is 4.79. The smallest absolute Gasteiger partial charge is 0.337 e. The maximum Gasteiger partial charge on any atom is 0.337 e. The summed E-state index contributed by atoms with van der Waals surface area (Å²) in [5.74, 6) is 0.229. The molecule has 1 aromatic carbocycles. The van der Waals surface area contributed by atoms with Crippen molar-refractivity contribution in [2.75, 3.05) is 46.4 Å². The summed E-state index contributed by atoms with van der Waals surface area (Å²) < 4.78 is 10.4. The lowest BCUT2D eigenvalue weighted by Gasteiger charge is -2.35. The first-order valence-corrected chi connectivity index (χ1v) is 11.5. The van der Waals surface area contributed by atoms with E-state index in [2.05, 4.69) is 25.7 Å². The van der Waals surface area contributed by atoms with Crippen molar-refractivity contribution in [1.29, 1.82) is 0 Å². The summed E-state index contributed by atoms with van der Waals surface area (Å²) >= 11 is 0. The highest BCUT2D eigenvalue weighted by atomic mass is 16.5. The van der Waals surface area contributed by atoms with Crippen molar-refractivity contribution in [1.82, 2.24) is 9.80 Å². The summed E-state index contributed by atoms with van der Waals surface area (Å²) in [5.41, 5.74) is 1.61. The number of amides is 1. The Balaban J connectivity index is 0.00000212. The average molecular weight is 437 g/mol. The Labute approximate surface area is 189 Å². The maximum atomic E-state index is 12.4. The summed E-state index contributed by atoms with van der Waals surface area (Å²) in [4.78, 5) is 28.3. The van der Waals surface area contributed by atoms with Gasteiger partial charge in [-0.2, -0.15) is 0 Å². The van der Waals surface area contributed by atoms with E-state index in [4.69, 9.17) is 9.47 Å². The Bertz CT molecular complexity index is 660. The van der Waals surface area contributed by atoms with Gasteiger partial charge in [0, 0.05) is 26.2 Å². The van der Waals surface area contributed by atoms with Crippen LogP contribution in [0, 0.1) is 12.3 Å². The fourth-order valence-electron chi connectivity index (χ4n) is 3.00. The first-order valence-electron chi connectivity index (χ1n) is 11.5. The molecule has 1 amide bonds. The third-order valence-corrected chi connectivity index (χ3v) is 4.85. The molecule has 1 fully saturated rings. The van der Waals surface area contributed by atoms with Gasteiger partial charge in [-0.1, -0.05) is 48.5 Å². The van der Waals surface area contributed by atoms with Crippen LogP contribution in [0.1, 0.15) is 70.8 Å². The van der Waals surface area contributed by atoms with Gasteiger partial charge in [-0.3, -0.25) is 9.69 Å². The van der Waals surface area contributed by atoms with E-state index in [1.807, 2.05) is 39.5 Å². The number of piperazine rings is 1. The third kappa shape index (κ3) is 10.7. The van der Waals surface area contributed by atoms with E-state index in [1.165, 1.54) is 7.11 Å². The minimum absolute atomic E-state index is 0.00177. The van der Waals surface area contributed by atoms with Crippen LogP contribution >= 0.6 is 0 Å². The molecule has 0 saturated carbocycles. The molecule has 6 heteroatoms. The lowest BCUT2D eigenvalue weighted by molar-refractivity contribution is -0.135. The van der Waals surface area contributed by atoms with Crippen LogP contribution in [0.25, 0.3) is 0 Å². The number of aryl methyl sites for hydroxylation is 1. The molecule has 1 aromatic rings. The SMILES string of the molecule is CC.CC.COC(=O)c1ccc(OCC(=O)N2CCN(CCC(C)(C)C)CC2)c(C)c1. The normalized spacial score (nSPS) is 13.9. The zero-order valence-electron chi connectivity index (χ0n) is 21.2. The van der Waals surface area contributed by atoms with Crippen molar-refractivity contribution in [2.45, 2.75) is 61.8 Å². The second-order valence-electron chi connectivity index (χ2n) is 8.29. The zero-order chi connectivity index (χ0) is 24.0. The van der Waals surface area contributed by atoms with E-state index in [0.717, 1.165) is 44.7 Å². The Hall–Kier alpha value is -2.08. The summed E-state index contributed by atoms with van der Waals surface area (Å²) in [6, 6.07) is 5.06. The summed E-state index contributed by atoms with van der Waals surface area (Å²) in [5, 5.41) is 0. The molecule has 1 aliphatic rings. The van der Waals surface area contributed by atoms with Gasteiger partial charge in [-0.05, 0) is 49.1 Å². The quantitative estimate of drug-likeness (QED) is 0.600. The molecule has 6 nitrogen and oxygen atoms in total. The maximum absolute atomic E-state index is 12.4. The molecule has 2 rings (SSSR count). The number of hydrogen-bond acceptors (Lipinski definition) is 5. The van der Waals surface area contributed by atoms with Crippen LogP contribution in [0.4, 0.5) is 0 Å². The topological polar surface area (TPSA) is 59.1 Å².